The lowest BCUT2D eigenvalue weighted by Crippen LogP contribution is -2.48. The summed E-state index contributed by atoms with van der Waals surface area (Å²) in [7, 11) is 0. The van der Waals surface area contributed by atoms with E-state index in [2.05, 4.69) is 22.8 Å². The molecule has 0 spiro atoms. The van der Waals surface area contributed by atoms with Crippen LogP contribution < -0.4 is 16.4 Å². The molecule has 17 heteroatoms. The van der Waals surface area contributed by atoms with Crippen molar-refractivity contribution in [2.75, 3.05) is 13.2 Å². The van der Waals surface area contributed by atoms with Gasteiger partial charge in [0.1, 0.15) is 25.3 Å². The molecule has 68 heavy (non-hydrogen) atoms. The molecule has 17 nitrogen and oxygen atoms in total. The Kier molecular flexibility index (Phi) is 17.7. The van der Waals surface area contributed by atoms with Gasteiger partial charge < -0.3 is 40.9 Å². The number of hydrogen-bond acceptors (Lipinski definition) is 12. The molecule has 4 aromatic carbocycles. The summed E-state index contributed by atoms with van der Waals surface area (Å²) in [5.74, 6) is -5.87. The number of fused-ring (bicyclic) bond motifs is 6. The largest absolute Gasteiger partial charge is 0.481 e. The van der Waals surface area contributed by atoms with Crippen LogP contribution in [0.4, 0.5) is 9.59 Å². The zero-order valence-electron chi connectivity index (χ0n) is 38.8. The standard InChI is InChI=1S/C24H24N2O6.C24H27NO5.C3H7NO2/c1-14(2)22(23(29)32-26-20(27)11-12-21(26)28)25-24(30)31-13-19-17-9-5-3-7-15(17)16-8-4-6-10-18(16)19;1-14(2)22(21(26)12-15(3)23(27)28)25-24(29)30-13-20-18-10-6-4-8-16(18)17-9-5-7-11-19(17)20;1-2(4)3(5)6/h3-10,14,19,22H,11-13H2,1-2H3,(H,25,30);4-11,14-15,20,22H,12-13H2,1-3H3,(H,25,29)(H,27,28);2H,4H2,1H3,(H,5,6)/t22-;15-,22+;2-/m010/s1. The fraction of sp³-hybridized carbons (Fsp3) is 0.373. The lowest BCUT2D eigenvalue weighted by molar-refractivity contribution is -0.199. The molecular formula is C51H58N4O13. The summed E-state index contributed by atoms with van der Waals surface area (Å²) in [6.07, 6.45) is -1.59. The molecule has 360 valence electrons. The van der Waals surface area contributed by atoms with Gasteiger partial charge in [0.15, 0.2) is 5.78 Å². The van der Waals surface area contributed by atoms with Crippen LogP contribution in [0.3, 0.4) is 0 Å². The van der Waals surface area contributed by atoms with Crippen molar-refractivity contribution in [3.63, 3.8) is 0 Å². The highest BCUT2D eigenvalue weighted by molar-refractivity contribution is 6.02. The quantitative estimate of drug-likeness (QED) is 0.0768. The van der Waals surface area contributed by atoms with Crippen molar-refractivity contribution in [2.24, 2.45) is 23.5 Å². The molecule has 0 radical (unpaired) electrons. The molecule has 4 atom stereocenters. The Labute approximate surface area is 394 Å². The van der Waals surface area contributed by atoms with Crippen LogP contribution in [-0.4, -0.2) is 94.3 Å². The Morgan fingerprint density at radius 3 is 1.25 bits per heavy atom. The van der Waals surface area contributed by atoms with Crippen LogP contribution >= 0.6 is 0 Å². The number of amides is 4. The molecule has 7 rings (SSSR count). The predicted molar refractivity (Wildman–Crippen MR) is 249 cm³/mol. The smallest absolute Gasteiger partial charge is 0.407 e. The highest BCUT2D eigenvalue weighted by Crippen LogP contribution is 2.45. The van der Waals surface area contributed by atoms with Crippen LogP contribution in [0.5, 0.6) is 0 Å². The summed E-state index contributed by atoms with van der Waals surface area (Å²) in [6.45, 7) is 10.2. The van der Waals surface area contributed by atoms with Gasteiger partial charge in [0.25, 0.3) is 11.8 Å². The van der Waals surface area contributed by atoms with E-state index in [1.165, 1.54) is 13.8 Å². The van der Waals surface area contributed by atoms with E-state index in [0.29, 0.717) is 5.06 Å². The van der Waals surface area contributed by atoms with E-state index in [0.717, 1.165) is 44.5 Å². The van der Waals surface area contributed by atoms with Gasteiger partial charge in [-0.05, 0) is 63.3 Å². The number of hydrogen-bond donors (Lipinski definition) is 5. The van der Waals surface area contributed by atoms with E-state index in [-0.39, 0.29) is 61.9 Å². The molecule has 2 aliphatic carbocycles. The van der Waals surface area contributed by atoms with Gasteiger partial charge in [-0.1, -0.05) is 132 Å². The number of ketones is 1. The first-order valence-electron chi connectivity index (χ1n) is 22.3. The normalized spacial score (nSPS) is 15.2. The van der Waals surface area contributed by atoms with Gasteiger partial charge in [0, 0.05) is 31.1 Å². The molecule has 4 amide bonds. The molecule has 0 bridgehead atoms. The van der Waals surface area contributed by atoms with Crippen molar-refractivity contribution < 1.29 is 62.9 Å². The molecule has 1 heterocycles. The fourth-order valence-corrected chi connectivity index (χ4v) is 7.97. The van der Waals surface area contributed by atoms with Crippen LogP contribution in [-0.2, 0) is 43.1 Å². The average molecular weight is 935 g/mol. The highest BCUT2D eigenvalue weighted by Gasteiger charge is 2.37. The maximum Gasteiger partial charge on any atom is 0.407 e. The first-order valence-corrected chi connectivity index (χ1v) is 22.3. The number of rotatable bonds is 15. The number of carbonyl (C=O) groups excluding carboxylic acids is 6. The minimum absolute atomic E-state index is 0.00172. The van der Waals surface area contributed by atoms with E-state index in [1.54, 1.807) is 27.7 Å². The Balaban J connectivity index is 0.000000227. The second kappa shape index (κ2) is 23.4. The van der Waals surface area contributed by atoms with Crippen molar-refractivity contribution in [3.8, 4) is 22.3 Å². The Bertz CT molecular complexity index is 2410. The third kappa shape index (κ3) is 12.7. The maximum atomic E-state index is 12.5. The highest BCUT2D eigenvalue weighted by atomic mass is 16.7. The summed E-state index contributed by atoms with van der Waals surface area (Å²) in [5, 5.41) is 22.5. The van der Waals surface area contributed by atoms with E-state index in [9.17, 15) is 38.4 Å². The zero-order valence-corrected chi connectivity index (χ0v) is 38.8. The number of hydroxylamine groups is 2. The number of imide groups is 1. The number of carboxylic acid groups (broad SMARTS) is 2. The SMILES string of the molecule is CC(C)[C@H](NC(=O)OCC1c2ccccc2-c2ccccc21)C(=O)C[C@@H](C)C(=O)O.CC(C)[C@H](NC(=O)OCC1c2ccccc2-c2ccccc21)C(=O)ON1C(=O)CCC1=O.C[C@H](N)C(=O)O. The third-order valence-electron chi connectivity index (χ3n) is 11.7. The van der Waals surface area contributed by atoms with Crippen LogP contribution in [0.15, 0.2) is 97.1 Å². The molecule has 3 aliphatic rings. The van der Waals surface area contributed by atoms with Gasteiger partial charge in [-0.25, -0.2) is 14.4 Å². The van der Waals surface area contributed by atoms with Gasteiger partial charge in [-0.15, -0.1) is 5.06 Å². The van der Waals surface area contributed by atoms with E-state index in [1.807, 2.05) is 84.9 Å². The van der Waals surface area contributed by atoms with Crippen LogP contribution in [0.1, 0.15) is 94.9 Å². The average Bonchev–Trinajstić information content (AvgIpc) is 3.93. The number of ether oxygens (including phenoxy) is 2. The molecule has 0 aromatic heterocycles. The lowest BCUT2D eigenvalue weighted by atomic mass is 9.93. The number of nitrogens with zero attached hydrogens (tertiary/aromatic N) is 1. The minimum Gasteiger partial charge on any atom is -0.481 e. The number of Topliss-reactive ketones (excluding diaryl/α,β-unsaturated/α-hetero) is 1. The van der Waals surface area contributed by atoms with Gasteiger partial charge in [0.05, 0.1) is 12.0 Å². The molecule has 4 aromatic rings. The van der Waals surface area contributed by atoms with Gasteiger partial charge in [-0.2, -0.15) is 0 Å². The third-order valence-corrected chi connectivity index (χ3v) is 11.7. The monoisotopic (exact) mass is 934 g/mol. The van der Waals surface area contributed by atoms with Crippen molar-refractivity contribution in [2.45, 2.75) is 90.8 Å². The van der Waals surface area contributed by atoms with Crippen LogP contribution in [0, 0.1) is 17.8 Å². The Morgan fingerprint density at radius 2 is 0.926 bits per heavy atom. The van der Waals surface area contributed by atoms with Gasteiger partial charge in [-0.3, -0.25) is 24.0 Å². The molecule has 0 saturated carbocycles. The molecule has 1 aliphatic heterocycles. The number of benzene rings is 4. The second-order valence-corrected chi connectivity index (χ2v) is 17.4. The second-order valence-electron chi connectivity index (χ2n) is 17.4. The summed E-state index contributed by atoms with van der Waals surface area (Å²) >= 11 is 0. The lowest BCUT2D eigenvalue weighted by Gasteiger charge is -2.23. The first kappa shape index (κ1) is 51.6. The maximum absolute atomic E-state index is 12.5. The summed E-state index contributed by atoms with van der Waals surface area (Å²) in [5.41, 5.74) is 13.7. The van der Waals surface area contributed by atoms with E-state index in [4.69, 9.17) is 30.3 Å². The number of carboxylic acids is 2. The Hall–Kier alpha value is -7.40. The van der Waals surface area contributed by atoms with Crippen molar-refractivity contribution in [1.29, 1.82) is 0 Å². The first-order chi connectivity index (χ1) is 32.3. The molecular weight excluding hydrogens is 877 g/mol. The van der Waals surface area contributed by atoms with Crippen molar-refractivity contribution in [3.05, 3.63) is 119 Å². The number of aliphatic carboxylic acids is 2. The summed E-state index contributed by atoms with van der Waals surface area (Å²) in [4.78, 5) is 99.0. The molecule has 1 fully saturated rings. The van der Waals surface area contributed by atoms with E-state index < -0.39 is 66.0 Å². The topological polar surface area (TPSA) is 258 Å². The van der Waals surface area contributed by atoms with E-state index >= 15 is 0 Å². The van der Waals surface area contributed by atoms with Crippen molar-refractivity contribution >= 4 is 47.7 Å². The molecule has 0 unspecified atom stereocenters. The number of carbonyl (C=O) groups is 8. The van der Waals surface area contributed by atoms with Gasteiger partial charge >= 0.3 is 30.1 Å². The number of alkyl carbamates (subject to hydrolysis) is 2. The number of nitrogens with two attached hydrogens (primary N) is 1. The predicted octanol–water partition coefficient (Wildman–Crippen LogP) is 6.80. The molecule has 1 saturated heterocycles. The summed E-state index contributed by atoms with van der Waals surface area (Å²) < 4.78 is 11.0. The van der Waals surface area contributed by atoms with Crippen LogP contribution in [0.2, 0.25) is 0 Å². The zero-order chi connectivity index (χ0) is 49.8. The van der Waals surface area contributed by atoms with Crippen LogP contribution in [0.25, 0.3) is 22.3 Å². The Morgan fingerprint density at radius 1 is 0.588 bits per heavy atom. The summed E-state index contributed by atoms with van der Waals surface area (Å²) in [6, 6.07) is 29.5. The fourth-order valence-electron chi connectivity index (χ4n) is 7.97. The minimum atomic E-state index is -1.08. The van der Waals surface area contributed by atoms with Crippen molar-refractivity contribution in [1.82, 2.24) is 15.7 Å². The van der Waals surface area contributed by atoms with Gasteiger partial charge in [0.2, 0.25) is 0 Å². The number of nitrogens with one attached hydrogen (secondary N) is 2. The molecule has 6 N–H and O–H groups in total.